The van der Waals surface area contributed by atoms with Crippen molar-refractivity contribution in [3.8, 4) is 0 Å². The molecular weight excluding hydrogens is 248 g/mol. The van der Waals surface area contributed by atoms with E-state index >= 15 is 0 Å². The van der Waals surface area contributed by atoms with Gasteiger partial charge in [0, 0.05) is 14.2 Å². The summed E-state index contributed by atoms with van der Waals surface area (Å²) in [5.74, 6) is 0. The van der Waals surface area contributed by atoms with Gasteiger partial charge in [-0.15, -0.1) is 0 Å². The topological polar surface area (TPSA) is 132 Å². The van der Waals surface area contributed by atoms with Crippen LogP contribution in [0.15, 0.2) is 0 Å². The number of amides is 2. The van der Waals surface area contributed by atoms with Crippen molar-refractivity contribution in [1.82, 2.24) is 10.4 Å². The first-order valence-electron chi connectivity index (χ1n) is 5.30. The Morgan fingerprint density at radius 3 is 2.50 bits per heavy atom. The molecule has 0 spiro atoms. The summed E-state index contributed by atoms with van der Waals surface area (Å²) in [6.07, 6.45) is -4.81. The zero-order chi connectivity index (χ0) is 13.9. The highest BCUT2D eigenvalue weighted by atomic mass is 16.7. The number of urea groups is 1. The zero-order valence-electron chi connectivity index (χ0n) is 10.1. The molecule has 1 fully saturated rings. The van der Waals surface area contributed by atoms with Crippen molar-refractivity contribution in [2.45, 2.75) is 30.6 Å². The first kappa shape index (κ1) is 15.1. The van der Waals surface area contributed by atoms with Gasteiger partial charge in [0.25, 0.3) is 0 Å². The van der Waals surface area contributed by atoms with Gasteiger partial charge in [-0.05, 0) is 0 Å². The molecule has 0 aromatic heterocycles. The normalized spacial score (nSPS) is 36.2. The molecule has 106 valence electrons. The summed E-state index contributed by atoms with van der Waals surface area (Å²) in [6.45, 7) is -0.499. The lowest BCUT2D eigenvalue weighted by Crippen LogP contribution is -2.65. The number of likely N-dealkylation sites (N-methyl/N-ethyl adjacent to an activating group) is 1. The molecule has 9 heteroatoms. The van der Waals surface area contributed by atoms with Gasteiger partial charge in [-0.3, -0.25) is 5.21 Å². The van der Waals surface area contributed by atoms with Gasteiger partial charge in [-0.2, -0.15) is 0 Å². The van der Waals surface area contributed by atoms with Gasteiger partial charge in [-0.25, -0.2) is 10.3 Å². The maximum atomic E-state index is 11.3. The van der Waals surface area contributed by atoms with Gasteiger partial charge in [0.15, 0.2) is 6.29 Å². The number of nitrogens with zero attached hydrogens (tertiary/aromatic N) is 1. The van der Waals surface area contributed by atoms with Crippen LogP contribution in [0.2, 0.25) is 0 Å². The Balaban J connectivity index is 2.90. The number of rotatable bonds is 3. The lowest BCUT2D eigenvalue weighted by Gasteiger charge is -2.44. The number of carbonyl (C=O) groups excluding carboxylic acids is 1. The molecule has 1 aliphatic rings. The van der Waals surface area contributed by atoms with Crippen LogP contribution >= 0.6 is 0 Å². The SMILES string of the molecule is CO[C@@H]1O[C@H](CO)[C@@H](O)[C@H](O)[C@H]1N(C)C(=O)NO. The Labute approximate surface area is 103 Å². The second-order valence-electron chi connectivity index (χ2n) is 3.96. The summed E-state index contributed by atoms with van der Waals surface area (Å²) >= 11 is 0. The highest BCUT2D eigenvalue weighted by Gasteiger charge is 2.47. The maximum absolute atomic E-state index is 11.3. The van der Waals surface area contributed by atoms with Crippen molar-refractivity contribution in [3.63, 3.8) is 0 Å². The Bertz CT molecular complexity index is 288. The van der Waals surface area contributed by atoms with Crippen molar-refractivity contribution < 1.29 is 34.8 Å². The van der Waals surface area contributed by atoms with E-state index in [2.05, 4.69) is 0 Å². The second kappa shape index (κ2) is 6.27. The Hall–Kier alpha value is -0.970. The van der Waals surface area contributed by atoms with Crippen LogP contribution in [0.5, 0.6) is 0 Å². The average Bonchev–Trinajstić information content (AvgIpc) is 2.39. The van der Waals surface area contributed by atoms with E-state index in [1.165, 1.54) is 19.6 Å². The fraction of sp³-hybridized carbons (Fsp3) is 0.889. The maximum Gasteiger partial charge on any atom is 0.341 e. The van der Waals surface area contributed by atoms with E-state index in [-0.39, 0.29) is 0 Å². The van der Waals surface area contributed by atoms with E-state index in [1.54, 1.807) is 0 Å². The van der Waals surface area contributed by atoms with Gasteiger partial charge in [0.1, 0.15) is 24.4 Å². The van der Waals surface area contributed by atoms with Crippen LogP contribution in [-0.4, -0.2) is 82.9 Å². The smallest absolute Gasteiger partial charge is 0.341 e. The predicted molar refractivity (Wildman–Crippen MR) is 56.6 cm³/mol. The van der Waals surface area contributed by atoms with Gasteiger partial charge < -0.3 is 29.7 Å². The third-order valence-electron chi connectivity index (χ3n) is 2.94. The van der Waals surface area contributed by atoms with Crippen LogP contribution in [0.25, 0.3) is 0 Å². The third kappa shape index (κ3) is 2.71. The second-order valence-corrected chi connectivity index (χ2v) is 3.96. The third-order valence-corrected chi connectivity index (χ3v) is 2.94. The predicted octanol–water partition coefficient (Wildman–Crippen LogP) is -2.53. The van der Waals surface area contributed by atoms with E-state index in [4.69, 9.17) is 19.8 Å². The van der Waals surface area contributed by atoms with Gasteiger partial charge in [-0.1, -0.05) is 0 Å². The number of ether oxygens (including phenoxy) is 2. The first-order valence-corrected chi connectivity index (χ1v) is 5.30. The van der Waals surface area contributed by atoms with Gasteiger partial charge in [0.2, 0.25) is 0 Å². The molecular formula is C9H18N2O7. The molecule has 2 amide bonds. The van der Waals surface area contributed by atoms with Crippen LogP contribution in [0.3, 0.4) is 0 Å². The largest absolute Gasteiger partial charge is 0.394 e. The molecule has 5 N–H and O–H groups in total. The van der Waals surface area contributed by atoms with Crippen LogP contribution < -0.4 is 5.48 Å². The zero-order valence-corrected chi connectivity index (χ0v) is 10.1. The van der Waals surface area contributed by atoms with Crippen molar-refractivity contribution in [2.75, 3.05) is 20.8 Å². The van der Waals surface area contributed by atoms with Crippen LogP contribution in [-0.2, 0) is 9.47 Å². The lowest BCUT2D eigenvalue weighted by atomic mass is 9.96. The Morgan fingerprint density at radius 1 is 1.44 bits per heavy atom. The van der Waals surface area contributed by atoms with Gasteiger partial charge in [0.05, 0.1) is 6.61 Å². The molecule has 1 aliphatic heterocycles. The number of aliphatic hydroxyl groups is 3. The van der Waals surface area contributed by atoms with Crippen LogP contribution in [0.1, 0.15) is 0 Å². The molecule has 0 aromatic carbocycles. The molecule has 0 saturated carbocycles. The lowest BCUT2D eigenvalue weighted by molar-refractivity contribution is -0.274. The van der Waals surface area contributed by atoms with Crippen molar-refractivity contribution in [3.05, 3.63) is 0 Å². The highest BCUT2D eigenvalue weighted by molar-refractivity contribution is 5.73. The summed E-state index contributed by atoms with van der Waals surface area (Å²) in [5, 5.41) is 37.2. The molecule has 0 aromatic rings. The molecule has 18 heavy (non-hydrogen) atoms. The molecule has 0 bridgehead atoms. The average molecular weight is 266 g/mol. The molecule has 5 atom stereocenters. The minimum atomic E-state index is -1.39. The molecule has 0 aliphatic carbocycles. The molecule has 0 unspecified atom stereocenters. The summed E-state index contributed by atoms with van der Waals surface area (Å²) < 4.78 is 10.2. The minimum absolute atomic E-state index is 0.499. The number of hydrogen-bond donors (Lipinski definition) is 5. The number of hydrogen-bond acceptors (Lipinski definition) is 7. The fourth-order valence-corrected chi connectivity index (χ4v) is 1.89. The van der Waals surface area contributed by atoms with Crippen LogP contribution in [0, 0.1) is 0 Å². The van der Waals surface area contributed by atoms with E-state index in [0.717, 1.165) is 4.90 Å². The van der Waals surface area contributed by atoms with Crippen LogP contribution in [0.4, 0.5) is 4.79 Å². The molecule has 1 saturated heterocycles. The summed E-state index contributed by atoms with van der Waals surface area (Å²) in [6, 6.07) is -1.92. The molecule has 0 radical (unpaired) electrons. The van der Waals surface area contributed by atoms with Crippen molar-refractivity contribution >= 4 is 6.03 Å². The number of aliphatic hydroxyl groups excluding tert-OH is 3. The molecule has 1 rings (SSSR count). The first-order chi connectivity index (χ1) is 8.47. The number of nitrogens with one attached hydrogen (secondary N) is 1. The molecule has 9 nitrogen and oxygen atoms in total. The van der Waals surface area contributed by atoms with Gasteiger partial charge >= 0.3 is 6.03 Å². The monoisotopic (exact) mass is 266 g/mol. The van der Waals surface area contributed by atoms with E-state index < -0.39 is 43.3 Å². The summed E-state index contributed by atoms with van der Waals surface area (Å²) in [7, 11) is 2.59. The summed E-state index contributed by atoms with van der Waals surface area (Å²) in [5.41, 5.74) is 1.40. The minimum Gasteiger partial charge on any atom is -0.394 e. The Morgan fingerprint density at radius 2 is 2.06 bits per heavy atom. The quantitative estimate of drug-likeness (QED) is 0.281. The standard InChI is InChI=1S/C9H18N2O7/c1-11(9(15)10-16)5-7(14)6(13)4(3-12)18-8(5)17-2/h4-8,12-14,16H,3H2,1-2H3,(H,10,15)/t4-,5-,6-,7-,8-/m1/s1. The number of methoxy groups -OCH3 is 1. The van der Waals surface area contributed by atoms with E-state index in [9.17, 15) is 15.0 Å². The molecule has 1 heterocycles. The number of carbonyl (C=O) groups is 1. The Kier molecular flexibility index (Phi) is 5.26. The fourth-order valence-electron chi connectivity index (χ4n) is 1.89. The van der Waals surface area contributed by atoms with Crippen molar-refractivity contribution in [1.29, 1.82) is 0 Å². The van der Waals surface area contributed by atoms with Crippen molar-refractivity contribution in [2.24, 2.45) is 0 Å². The van der Waals surface area contributed by atoms with E-state index in [0.29, 0.717) is 0 Å². The number of hydroxylamine groups is 1. The highest BCUT2D eigenvalue weighted by Crippen LogP contribution is 2.24. The summed E-state index contributed by atoms with van der Waals surface area (Å²) in [4.78, 5) is 12.2. The van der Waals surface area contributed by atoms with E-state index in [1.807, 2.05) is 0 Å².